The number of carbonyl (C=O) groups excluding carboxylic acids is 2. The van der Waals surface area contributed by atoms with Crippen LogP contribution in [-0.2, 0) is 9.59 Å². The highest BCUT2D eigenvalue weighted by Gasteiger charge is 2.40. The molecule has 1 aliphatic carbocycles. The molecule has 1 atom stereocenters. The largest absolute Gasteiger partial charge is 0.478 e. The van der Waals surface area contributed by atoms with E-state index < -0.39 is 17.7 Å². The van der Waals surface area contributed by atoms with Gasteiger partial charge in [-0.1, -0.05) is 29.8 Å². The fraction of sp³-hybridized carbons (Fsp3) is 0.227. The lowest BCUT2D eigenvalue weighted by molar-refractivity contribution is -0.120. The van der Waals surface area contributed by atoms with E-state index in [0.29, 0.717) is 41.8 Å². The van der Waals surface area contributed by atoms with Gasteiger partial charge in [0, 0.05) is 35.7 Å². The molecule has 0 spiro atoms. The molecule has 1 amide bonds. The number of hydrogen-bond donors (Lipinski definition) is 1. The zero-order valence-corrected chi connectivity index (χ0v) is 16.1. The molecule has 5 nitrogen and oxygen atoms in total. The molecule has 2 aromatic rings. The van der Waals surface area contributed by atoms with Gasteiger partial charge in [0.25, 0.3) is 0 Å². The minimum atomic E-state index is -1.21. The molecule has 4 rings (SSSR count). The van der Waals surface area contributed by atoms with Crippen LogP contribution in [0.25, 0.3) is 0 Å². The maximum Gasteiger partial charge on any atom is 0.337 e. The van der Waals surface area contributed by atoms with E-state index in [1.54, 1.807) is 24.3 Å². The van der Waals surface area contributed by atoms with E-state index in [4.69, 9.17) is 11.6 Å². The number of Topliss-reactive ketones (excluding diaryl/α,β-unsaturated/α-hetero) is 1. The number of hydrogen-bond acceptors (Lipinski definition) is 3. The molecule has 7 heteroatoms. The highest BCUT2D eigenvalue weighted by Crippen LogP contribution is 2.44. The van der Waals surface area contributed by atoms with Gasteiger partial charge in [-0.15, -0.1) is 0 Å². The molecule has 0 saturated carbocycles. The number of carboxylic acid groups (broad SMARTS) is 1. The van der Waals surface area contributed by atoms with Crippen LogP contribution in [0, 0.1) is 5.82 Å². The molecule has 1 aliphatic heterocycles. The third-order valence-electron chi connectivity index (χ3n) is 5.39. The van der Waals surface area contributed by atoms with Crippen molar-refractivity contribution in [3.8, 4) is 0 Å². The van der Waals surface area contributed by atoms with E-state index in [9.17, 15) is 23.9 Å². The van der Waals surface area contributed by atoms with E-state index in [-0.39, 0.29) is 28.7 Å². The Morgan fingerprint density at radius 1 is 1.14 bits per heavy atom. The number of ketones is 1. The Kier molecular flexibility index (Phi) is 4.96. The van der Waals surface area contributed by atoms with Crippen molar-refractivity contribution in [1.82, 2.24) is 0 Å². The summed E-state index contributed by atoms with van der Waals surface area (Å²) in [7, 11) is 0. The topological polar surface area (TPSA) is 74.7 Å². The first-order chi connectivity index (χ1) is 13.9. The van der Waals surface area contributed by atoms with E-state index in [0.717, 1.165) is 0 Å². The molecular weight excluding hydrogens is 397 g/mol. The molecule has 0 aromatic heterocycles. The Bertz CT molecular complexity index is 1080. The van der Waals surface area contributed by atoms with Crippen molar-refractivity contribution < 1.29 is 23.9 Å². The fourth-order valence-corrected chi connectivity index (χ4v) is 4.33. The van der Waals surface area contributed by atoms with E-state index in [1.165, 1.54) is 23.1 Å². The van der Waals surface area contributed by atoms with Crippen molar-refractivity contribution in [2.24, 2.45) is 0 Å². The summed E-state index contributed by atoms with van der Waals surface area (Å²) in [6.45, 7) is 0. The lowest BCUT2D eigenvalue weighted by Gasteiger charge is -2.38. The van der Waals surface area contributed by atoms with Gasteiger partial charge in [0.05, 0.1) is 10.6 Å². The highest BCUT2D eigenvalue weighted by molar-refractivity contribution is 6.33. The molecule has 148 valence electrons. The molecule has 0 fully saturated rings. The second kappa shape index (κ2) is 7.44. The number of allylic oxidation sites excluding steroid dienone is 2. The standard InChI is InChI=1S/C22H17ClFNO4/c23-16-9-8-12(10-15(16)22(28)29)25-18-6-3-7-19(26)21(18)14(11-20(25)27)13-4-1-2-5-17(13)24/h1-2,4-5,8-10,14H,3,6-7,11H2,(H,28,29). The summed E-state index contributed by atoms with van der Waals surface area (Å²) in [5.74, 6) is -2.73. The van der Waals surface area contributed by atoms with E-state index in [2.05, 4.69) is 0 Å². The van der Waals surface area contributed by atoms with Gasteiger partial charge in [0.1, 0.15) is 5.82 Å². The van der Waals surface area contributed by atoms with Crippen LogP contribution >= 0.6 is 11.6 Å². The van der Waals surface area contributed by atoms with Crippen LogP contribution in [-0.4, -0.2) is 22.8 Å². The molecule has 0 saturated heterocycles. The summed E-state index contributed by atoms with van der Waals surface area (Å²) >= 11 is 5.96. The molecule has 1 unspecified atom stereocenters. The van der Waals surface area contributed by atoms with Gasteiger partial charge >= 0.3 is 5.97 Å². The SMILES string of the molecule is O=C1CCCC2=C1C(c1ccccc1F)CC(=O)N2c1ccc(Cl)c(C(=O)O)c1. The van der Waals surface area contributed by atoms with Gasteiger partial charge in [-0.05, 0) is 42.7 Å². The maximum atomic E-state index is 14.5. The zero-order valence-electron chi connectivity index (χ0n) is 15.3. The summed E-state index contributed by atoms with van der Waals surface area (Å²) in [4.78, 5) is 38.7. The van der Waals surface area contributed by atoms with Crippen LogP contribution in [0.3, 0.4) is 0 Å². The van der Waals surface area contributed by atoms with Crippen molar-refractivity contribution in [2.45, 2.75) is 31.6 Å². The van der Waals surface area contributed by atoms with Crippen molar-refractivity contribution >= 4 is 34.9 Å². The van der Waals surface area contributed by atoms with Gasteiger partial charge in [-0.3, -0.25) is 14.5 Å². The third-order valence-corrected chi connectivity index (χ3v) is 5.72. The quantitative estimate of drug-likeness (QED) is 0.791. The van der Waals surface area contributed by atoms with Crippen LogP contribution in [0.1, 0.15) is 47.5 Å². The molecule has 0 radical (unpaired) electrons. The van der Waals surface area contributed by atoms with Gasteiger partial charge < -0.3 is 5.11 Å². The van der Waals surface area contributed by atoms with Gasteiger partial charge in [-0.2, -0.15) is 0 Å². The second-order valence-corrected chi connectivity index (χ2v) is 7.52. The minimum absolute atomic E-state index is 0.0591. The number of nitrogens with zero attached hydrogens (tertiary/aromatic N) is 1. The van der Waals surface area contributed by atoms with Crippen molar-refractivity contribution in [3.05, 3.63) is 75.7 Å². The molecule has 0 bridgehead atoms. The van der Waals surface area contributed by atoms with Gasteiger partial charge in [-0.25, -0.2) is 9.18 Å². The summed E-state index contributed by atoms with van der Waals surface area (Å²) in [6, 6.07) is 10.5. The van der Waals surface area contributed by atoms with Crippen molar-refractivity contribution in [3.63, 3.8) is 0 Å². The predicted octanol–water partition coefficient (Wildman–Crippen LogP) is 4.70. The molecule has 1 heterocycles. The Morgan fingerprint density at radius 3 is 2.62 bits per heavy atom. The number of halogens is 2. The number of amides is 1. The average molecular weight is 414 g/mol. The molecular formula is C22H17ClFNO4. The smallest absolute Gasteiger partial charge is 0.337 e. The first-order valence-corrected chi connectivity index (χ1v) is 9.62. The minimum Gasteiger partial charge on any atom is -0.478 e. The third kappa shape index (κ3) is 3.34. The maximum absolute atomic E-state index is 14.5. The summed E-state index contributed by atoms with van der Waals surface area (Å²) in [5.41, 5.74) is 1.49. The van der Waals surface area contributed by atoms with Crippen LogP contribution < -0.4 is 4.90 Å². The average Bonchev–Trinajstić information content (AvgIpc) is 2.68. The first kappa shape index (κ1) is 19.3. The Labute approximate surface area is 171 Å². The number of rotatable bonds is 3. The zero-order chi connectivity index (χ0) is 20.7. The summed E-state index contributed by atoms with van der Waals surface area (Å²) < 4.78 is 14.5. The Balaban J connectivity index is 1.88. The van der Waals surface area contributed by atoms with Crippen LogP contribution in [0.15, 0.2) is 53.7 Å². The number of benzene rings is 2. The Hall–Kier alpha value is -2.99. The molecule has 2 aromatic carbocycles. The first-order valence-electron chi connectivity index (χ1n) is 9.25. The number of carboxylic acids is 1. The van der Waals surface area contributed by atoms with E-state index in [1.807, 2.05) is 0 Å². The molecule has 2 aliphatic rings. The summed E-state index contributed by atoms with van der Waals surface area (Å²) in [5, 5.41) is 9.41. The van der Waals surface area contributed by atoms with Gasteiger partial charge in [0.2, 0.25) is 5.91 Å². The fourth-order valence-electron chi connectivity index (χ4n) is 4.13. The molecule has 29 heavy (non-hydrogen) atoms. The lowest BCUT2D eigenvalue weighted by Crippen LogP contribution is -2.40. The lowest BCUT2D eigenvalue weighted by atomic mass is 9.77. The number of anilines is 1. The number of carbonyl (C=O) groups is 3. The van der Waals surface area contributed by atoms with E-state index >= 15 is 0 Å². The highest BCUT2D eigenvalue weighted by atomic mass is 35.5. The monoisotopic (exact) mass is 413 g/mol. The van der Waals surface area contributed by atoms with Crippen molar-refractivity contribution in [1.29, 1.82) is 0 Å². The second-order valence-electron chi connectivity index (χ2n) is 7.11. The van der Waals surface area contributed by atoms with Gasteiger partial charge in [0.15, 0.2) is 5.78 Å². The Morgan fingerprint density at radius 2 is 1.90 bits per heavy atom. The summed E-state index contributed by atoms with van der Waals surface area (Å²) in [6.07, 6.45) is 1.32. The van der Waals surface area contributed by atoms with Crippen molar-refractivity contribution in [2.75, 3.05) is 4.90 Å². The van der Waals surface area contributed by atoms with Crippen LogP contribution in [0.4, 0.5) is 10.1 Å². The van der Waals surface area contributed by atoms with Crippen LogP contribution in [0.5, 0.6) is 0 Å². The molecule has 1 N–H and O–H groups in total. The predicted molar refractivity (Wildman–Crippen MR) is 106 cm³/mol. The normalized spacial score (nSPS) is 19.4. The number of aromatic carboxylic acids is 1. The van der Waals surface area contributed by atoms with Crippen LogP contribution in [0.2, 0.25) is 5.02 Å².